The lowest BCUT2D eigenvalue weighted by Gasteiger charge is -2.20. The number of carbonyl (C=O) groups excluding carboxylic acids is 1. The van der Waals surface area contributed by atoms with Crippen molar-refractivity contribution in [3.63, 3.8) is 0 Å². The maximum absolute atomic E-state index is 14.1. The zero-order valence-electron chi connectivity index (χ0n) is 15.7. The molecule has 134 valence electrons. The Labute approximate surface area is 152 Å². The van der Waals surface area contributed by atoms with E-state index in [0.717, 1.165) is 22.6 Å². The van der Waals surface area contributed by atoms with Gasteiger partial charge in [-0.2, -0.15) is 0 Å². The van der Waals surface area contributed by atoms with Crippen LogP contribution >= 0.6 is 0 Å². The van der Waals surface area contributed by atoms with Gasteiger partial charge in [-0.3, -0.25) is 4.79 Å². The first-order chi connectivity index (χ1) is 12.3. The van der Waals surface area contributed by atoms with Gasteiger partial charge in [0.2, 0.25) is 0 Å². The van der Waals surface area contributed by atoms with Crippen molar-refractivity contribution in [2.45, 2.75) is 33.6 Å². The first-order valence-corrected chi connectivity index (χ1v) is 8.60. The summed E-state index contributed by atoms with van der Waals surface area (Å²) in [4.78, 5) is 23.5. The average molecular weight is 351 g/mol. The molecule has 3 aromatic rings. The molecule has 0 fully saturated rings. The molecule has 1 amide bonds. The van der Waals surface area contributed by atoms with E-state index < -0.39 is 5.82 Å². The molecule has 0 aliphatic carbocycles. The molecule has 1 heterocycles. The molecule has 5 heteroatoms. The minimum atomic E-state index is -0.497. The number of aryl methyl sites for hydroxylation is 2. The molecule has 0 aliphatic rings. The van der Waals surface area contributed by atoms with Gasteiger partial charge in [0.25, 0.3) is 5.91 Å². The van der Waals surface area contributed by atoms with Gasteiger partial charge in [-0.1, -0.05) is 26.0 Å². The third-order valence-electron chi connectivity index (χ3n) is 4.61. The lowest BCUT2D eigenvalue weighted by molar-refractivity contribution is 0.0994. The molecular weight excluding hydrogens is 329 g/mol. The minimum absolute atomic E-state index is 0.216. The van der Waals surface area contributed by atoms with Gasteiger partial charge >= 0.3 is 0 Å². The molecule has 3 rings (SSSR count). The highest BCUT2D eigenvalue weighted by Gasteiger charge is 2.20. The number of anilines is 1. The summed E-state index contributed by atoms with van der Waals surface area (Å²) in [6.45, 7) is 7.84. The number of nitrogens with zero attached hydrogens (tertiary/aromatic N) is 3. The summed E-state index contributed by atoms with van der Waals surface area (Å²) in [7, 11) is 1.69. The molecular formula is C21H22FN3O. The molecule has 0 saturated heterocycles. The highest BCUT2D eigenvalue weighted by molar-refractivity contribution is 6.12. The van der Waals surface area contributed by atoms with Gasteiger partial charge in [0, 0.05) is 18.8 Å². The normalized spacial score (nSPS) is 11.2. The molecule has 0 saturated carbocycles. The van der Waals surface area contributed by atoms with E-state index in [1.807, 2.05) is 38.1 Å². The van der Waals surface area contributed by atoms with Crippen molar-refractivity contribution in [3.8, 4) is 0 Å². The lowest BCUT2D eigenvalue weighted by Crippen LogP contribution is -2.27. The van der Waals surface area contributed by atoms with E-state index >= 15 is 0 Å². The van der Waals surface area contributed by atoms with Gasteiger partial charge in [-0.15, -0.1) is 0 Å². The molecule has 0 radical (unpaired) electrons. The molecule has 0 aliphatic heterocycles. The number of carbonyl (C=O) groups is 1. The van der Waals surface area contributed by atoms with Crippen LogP contribution in [0.5, 0.6) is 0 Å². The summed E-state index contributed by atoms with van der Waals surface area (Å²) in [5.74, 6) is -0.458. The van der Waals surface area contributed by atoms with E-state index in [9.17, 15) is 9.18 Å². The van der Waals surface area contributed by atoms with Crippen LogP contribution < -0.4 is 4.90 Å². The van der Waals surface area contributed by atoms with Crippen LogP contribution in [0.15, 0.2) is 36.4 Å². The summed E-state index contributed by atoms with van der Waals surface area (Å²) in [6.07, 6.45) is 0. The number of rotatable bonds is 3. The molecule has 0 N–H and O–H groups in total. The standard InChI is InChI=1S/C21H22FN3O/c1-12(2)15-7-6-8-17(9-15)25(5)21(26)18-10-16(22)11-19-20(18)24-14(4)13(3)23-19/h6-12H,1-5H3. The second-order valence-electron chi connectivity index (χ2n) is 6.83. The van der Waals surface area contributed by atoms with E-state index in [0.29, 0.717) is 17.0 Å². The fraction of sp³-hybridized carbons (Fsp3) is 0.286. The Kier molecular flexibility index (Phi) is 4.72. The van der Waals surface area contributed by atoms with E-state index in [-0.39, 0.29) is 11.5 Å². The summed E-state index contributed by atoms with van der Waals surface area (Å²) < 4.78 is 14.1. The van der Waals surface area contributed by atoms with Crippen molar-refractivity contribution in [2.24, 2.45) is 0 Å². The van der Waals surface area contributed by atoms with Crippen LogP contribution in [0.4, 0.5) is 10.1 Å². The topological polar surface area (TPSA) is 46.1 Å². The van der Waals surface area contributed by atoms with Crippen molar-refractivity contribution >= 4 is 22.6 Å². The fourth-order valence-corrected chi connectivity index (χ4v) is 2.85. The Bertz CT molecular complexity index is 998. The maximum Gasteiger partial charge on any atom is 0.260 e. The smallest absolute Gasteiger partial charge is 0.260 e. The Morgan fingerprint density at radius 2 is 1.77 bits per heavy atom. The van der Waals surface area contributed by atoms with E-state index in [4.69, 9.17) is 0 Å². The quantitative estimate of drug-likeness (QED) is 0.682. The van der Waals surface area contributed by atoms with Crippen molar-refractivity contribution in [1.82, 2.24) is 9.97 Å². The molecule has 4 nitrogen and oxygen atoms in total. The van der Waals surface area contributed by atoms with Gasteiger partial charge < -0.3 is 4.90 Å². The highest BCUT2D eigenvalue weighted by Crippen LogP contribution is 2.25. The zero-order chi connectivity index (χ0) is 19.0. The molecule has 26 heavy (non-hydrogen) atoms. The van der Waals surface area contributed by atoms with Gasteiger partial charge in [0.15, 0.2) is 0 Å². The Hall–Kier alpha value is -2.82. The van der Waals surface area contributed by atoms with E-state index in [1.165, 1.54) is 17.0 Å². The molecule has 2 aromatic carbocycles. The Morgan fingerprint density at radius 1 is 1.08 bits per heavy atom. The SMILES string of the molecule is Cc1nc2cc(F)cc(C(=O)N(C)c3cccc(C(C)C)c3)c2nc1C. The van der Waals surface area contributed by atoms with E-state index in [2.05, 4.69) is 23.8 Å². The van der Waals surface area contributed by atoms with Crippen LogP contribution in [-0.2, 0) is 0 Å². The summed E-state index contributed by atoms with van der Waals surface area (Å²) in [6, 6.07) is 10.3. The fourth-order valence-electron chi connectivity index (χ4n) is 2.85. The predicted molar refractivity (Wildman–Crippen MR) is 102 cm³/mol. The average Bonchev–Trinajstić information content (AvgIpc) is 2.61. The molecule has 1 aromatic heterocycles. The first-order valence-electron chi connectivity index (χ1n) is 8.60. The number of halogens is 1. The lowest BCUT2D eigenvalue weighted by atomic mass is 10.0. The largest absolute Gasteiger partial charge is 0.311 e. The minimum Gasteiger partial charge on any atom is -0.311 e. The number of aromatic nitrogens is 2. The number of hydrogen-bond donors (Lipinski definition) is 0. The molecule has 0 unspecified atom stereocenters. The summed E-state index contributed by atoms with van der Waals surface area (Å²) in [5, 5.41) is 0. The van der Waals surface area contributed by atoms with Crippen LogP contribution in [0, 0.1) is 19.7 Å². The van der Waals surface area contributed by atoms with Crippen molar-refractivity contribution in [1.29, 1.82) is 0 Å². The third-order valence-corrected chi connectivity index (χ3v) is 4.61. The highest BCUT2D eigenvalue weighted by atomic mass is 19.1. The van der Waals surface area contributed by atoms with Crippen LogP contribution in [0.1, 0.15) is 47.1 Å². The second kappa shape index (κ2) is 6.83. The molecule has 0 bridgehead atoms. The number of benzene rings is 2. The molecule has 0 atom stereocenters. The van der Waals surface area contributed by atoms with Crippen LogP contribution in [0.25, 0.3) is 11.0 Å². The predicted octanol–water partition coefficient (Wildman–Crippen LogP) is 4.79. The van der Waals surface area contributed by atoms with Crippen LogP contribution in [0.3, 0.4) is 0 Å². The monoisotopic (exact) mass is 351 g/mol. The van der Waals surface area contributed by atoms with Gasteiger partial charge in [0.1, 0.15) is 11.3 Å². The van der Waals surface area contributed by atoms with Gasteiger partial charge in [-0.25, -0.2) is 14.4 Å². The zero-order valence-corrected chi connectivity index (χ0v) is 15.7. The Balaban J connectivity index is 2.09. The van der Waals surface area contributed by atoms with Gasteiger partial charge in [0.05, 0.1) is 22.5 Å². The van der Waals surface area contributed by atoms with Crippen molar-refractivity contribution in [3.05, 3.63) is 64.7 Å². The summed E-state index contributed by atoms with van der Waals surface area (Å²) >= 11 is 0. The number of fused-ring (bicyclic) bond motifs is 1. The Morgan fingerprint density at radius 3 is 2.46 bits per heavy atom. The third kappa shape index (κ3) is 3.29. The number of hydrogen-bond acceptors (Lipinski definition) is 3. The molecule has 0 spiro atoms. The first kappa shape index (κ1) is 18.0. The van der Waals surface area contributed by atoms with Crippen molar-refractivity contribution < 1.29 is 9.18 Å². The van der Waals surface area contributed by atoms with E-state index in [1.54, 1.807) is 7.05 Å². The van der Waals surface area contributed by atoms with Crippen LogP contribution in [0.2, 0.25) is 0 Å². The van der Waals surface area contributed by atoms with Crippen molar-refractivity contribution in [2.75, 3.05) is 11.9 Å². The second-order valence-corrected chi connectivity index (χ2v) is 6.83. The maximum atomic E-state index is 14.1. The van der Waals surface area contributed by atoms with Gasteiger partial charge in [-0.05, 0) is 43.5 Å². The summed E-state index contributed by atoms with van der Waals surface area (Å²) in [5.41, 5.74) is 4.37. The van der Waals surface area contributed by atoms with Crippen LogP contribution in [-0.4, -0.2) is 22.9 Å². The number of amides is 1.